The van der Waals surface area contributed by atoms with Crippen LogP contribution < -0.4 is 5.32 Å². The van der Waals surface area contributed by atoms with Crippen LogP contribution in [0, 0.1) is 0 Å². The molecule has 1 aliphatic heterocycles. The molecule has 2 aliphatic rings. The van der Waals surface area contributed by atoms with E-state index in [1.54, 1.807) is 0 Å². The number of nitrogens with one attached hydrogen (secondary N) is 1. The predicted molar refractivity (Wildman–Crippen MR) is 76.2 cm³/mol. The van der Waals surface area contributed by atoms with E-state index in [2.05, 4.69) is 31.9 Å². The number of fused-ring (bicyclic) bond motifs is 1. The maximum absolute atomic E-state index is 9.78. The molecule has 6 nitrogen and oxygen atoms in total. The van der Waals surface area contributed by atoms with Crippen LogP contribution in [0.3, 0.4) is 0 Å². The van der Waals surface area contributed by atoms with Gasteiger partial charge in [0, 0.05) is 24.7 Å². The normalized spacial score (nSPS) is 30.6. The van der Waals surface area contributed by atoms with E-state index in [0.29, 0.717) is 6.04 Å². The molecule has 6 heteroatoms. The lowest BCUT2D eigenvalue weighted by Crippen LogP contribution is -2.49. The van der Waals surface area contributed by atoms with Gasteiger partial charge in [0.15, 0.2) is 0 Å². The number of rotatable bonds is 5. The second-order valence-electron chi connectivity index (χ2n) is 6.17. The summed E-state index contributed by atoms with van der Waals surface area (Å²) in [5.74, 6) is 1.07. The van der Waals surface area contributed by atoms with Crippen molar-refractivity contribution in [2.45, 2.75) is 57.3 Å². The van der Waals surface area contributed by atoms with Crippen LogP contribution in [0.25, 0.3) is 0 Å². The van der Waals surface area contributed by atoms with Crippen LogP contribution in [0.2, 0.25) is 0 Å². The van der Waals surface area contributed by atoms with Gasteiger partial charge in [-0.05, 0) is 32.2 Å². The average Bonchev–Trinajstić information content (AvgIpc) is 3.11. The molecule has 3 rings (SSSR count). The fourth-order valence-corrected chi connectivity index (χ4v) is 3.56. The van der Waals surface area contributed by atoms with Gasteiger partial charge in [0.2, 0.25) is 0 Å². The first-order valence-electron chi connectivity index (χ1n) is 7.73. The number of nitrogens with zero attached hydrogens (tertiary/aromatic N) is 4. The first-order chi connectivity index (χ1) is 9.76. The largest absolute Gasteiger partial charge is 0.394 e. The summed E-state index contributed by atoms with van der Waals surface area (Å²) in [5.41, 5.74) is -0.0637. The zero-order chi connectivity index (χ0) is 14.0. The molecule has 0 aromatic carbocycles. The Hall–Kier alpha value is -0.980. The predicted octanol–water partition coefficient (Wildman–Crippen LogP) is 0.377. The van der Waals surface area contributed by atoms with Crippen molar-refractivity contribution in [1.29, 1.82) is 0 Å². The Bertz CT molecular complexity index is 449. The van der Waals surface area contributed by atoms with Gasteiger partial charge in [-0.3, -0.25) is 4.90 Å². The van der Waals surface area contributed by atoms with E-state index >= 15 is 0 Å². The van der Waals surface area contributed by atoms with Crippen molar-refractivity contribution >= 4 is 0 Å². The van der Waals surface area contributed by atoms with Gasteiger partial charge in [-0.15, -0.1) is 10.2 Å². The first-order valence-corrected chi connectivity index (χ1v) is 7.73. The summed E-state index contributed by atoms with van der Waals surface area (Å²) >= 11 is 0. The van der Waals surface area contributed by atoms with Crippen LogP contribution in [0.15, 0.2) is 6.33 Å². The summed E-state index contributed by atoms with van der Waals surface area (Å²) in [4.78, 5) is 2.51. The summed E-state index contributed by atoms with van der Waals surface area (Å²) in [5, 5.41) is 21.5. The number of hydrogen-bond acceptors (Lipinski definition) is 5. The molecule has 112 valence electrons. The van der Waals surface area contributed by atoms with Gasteiger partial charge in [0.1, 0.15) is 12.2 Å². The van der Waals surface area contributed by atoms with E-state index in [0.717, 1.165) is 57.7 Å². The Labute approximate surface area is 120 Å². The van der Waals surface area contributed by atoms with E-state index in [9.17, 15) is 5.11 Å². The van der Waals surface area contributed by atoms with Gasteiger partial charge in [-0.25, -0.2) is 0 Å². The smallest absolute Gasteiger partial charge is 0.147 e. The Morgan fingerprint density at radius 2 is 2.40 bits per heavy atom. The number of aliphatic hydroxyl groups excluding tert-OH is 1. The average molecular weight is 279 g/mol. The summed E-state index contributed by atoms with van der Waals surface area (Å²) in [6.45, 7) is 6.33. The van der Waals surface area contributed by atoms with Gasteiger partial charge in [0.25, 0.3) is 0 Å². The Kier molecular flexibility index (Phi) is 4.05. The highest BCUT2D eigenvalue weighted by atomic mass is 16.3. The van der Waals surface area contributed by atoms with Crippen LogP contribution >= 0.6 is 0 Å². The molecule has 2 unspecified atom stereocenters. The first kappa shape index (κ1) is 14.0. The minimum absolute atomic E-state index is 0.0637. The molecule has 0 bridgehead atoms. The SMILES string of the molecule is CCCNC1(CO)CCC(N2CCn3cnnc3C2)C1. The third kappa shape index (κ3) is 2.60. The van der Waals surface area contributed by atoms with Crippen molar-refractivity contribution < 1.29 is 5.11 Å². The lowest BCUT2D eigenvalue weighted by molar-refractivity contribution is 0.125. The lowest BCUT2D eigenvalue weighted by atomic mass is 9.98. The molecule has 1 aromatic heterocycles. The van der Waals surface area contributed by atoms with Crippen LogP contribution in [0.5, 0.6) is 0 Å². The monoisotopic (exact) mass is 279 g/mol. The number of aromatic nitrogens is 3. The van der Waals surface area contributed by atoms with E-state index in [1.807, 2.05) is 6.33 Å². The van der Waals surface area contributed by atoms with Crippen LogP contribution in [0.4, 0.5) is 0 Å². The van der Waals surface area contributed by atoms with E-state index in [1.165, 1.54) is 0 Å². The minimum atomic E-state index is -0.0637. The Morgan fingerprint density at radius 1 is 1.50 bits per heavy atom. The van der Waals surface area contributed by atoms with Gasteiger partial charge < -0.3 is 15.0 Å². The zero-order valence-electron chi connectivity index (χ0n) is 12.3. The van der Waals surface area contributed by atoms with Gasteiger partial charge in [-0.2, -0.15) is 0 Å². The molecule has 0 radical (unpaired) electrons. The fourth-order valence-electron chi connectivity index (χ4n) is 3.56. The molecule has 2 heterocycles. The van der Waals surface area contributed by atoms with Crippen LogP contribution in [0.1, 0.15) is 38.4 Å². The van der Waals surface area contributed by atoms with E-state index in [-0.39, 0.29) is 12.1 Å². The molecule has 20 heavy (non-hydrogen) atoms. The third-order valence-electron chi connectivity index (χ3n) is 4.82. The van der Waals surface area contributed by atoms with Crippen LogP contribution in [-0.2, 0) is 13.1 Å². The number of aliphatic hydroxyl groups is 1. The van der Waals surface area contributed by atoms with Crippen molar-refractivity contribution in [3.8, 4) is 0 Å². The third-order valence-corrected chi connectivity index (χ3v) is 4.82. The van der Waals surface area contributed by atoms with Crippen molar-refractivity contribution in [2.75, 3.05) is 19.7 Å². The molecule has 2 atom stereocenters. The molecule has 1 aliphatic carbocycles. The highest BCUT2D eigenvalue weighted by molar-refractivity contribution is 5.01. The molecule has 0 spiro atoms. The fraction of sp³-hybridized carbons (Fsp3) is 0.857. The highest BCUT2D eigenvalue weighted by Gasteiger charge is 2.41. The van der Waals surface area contributed by atoms with Crippen LogP contribution in [-0.4, -0.2) is 56.0 Å². The second-order valence-corrected chi connectivity index (χ2v) is 6.17. The quantitative estimate of drug-likeness (QED) is 0.815. The highest BCUT2D eigenvalue weighted by Crippen LogP contribution is 2.34. The van der Waals surface area contributed by atoms with Crippen molar-refractivity contribution in [3.63, 3.8) is 0 Å². The Balaban J connectivity index is 1.62. The second kappa shape index (κ2) is 5.79. The van der Waals surface area contributed by atoms with Gasteiger partial charge in [0.05, 0.1) is 13.2 Å². The summed E-state index contributed by atoms with van der Waals surface area (Å²) in [6, 6.07) is 0.553. The lowest BCUT2D eigenvalue weighted by Gasteiger charge is -2.34. The van der Waals surface area contributed by atoms with Crippen molar-refractivity contribution in [2.24, 2.45) is 0 Å². The van der Waals surface area contributed by atoms with Gasteiger partial charge >= 0.3 is 0 Å². The molecule has 2 N–H and O–H groups in total. The summed E-state index contributed by atoms with van der Waals surface area (Å²) < 4.78 is 2.14. The summed E-state index contributed by atoms with van der Waals surface area (Å²) in [6.07, 6.45) is 6.20. The Morgan fingerprint density at radius 3 is 3.20 bits per heavy atom. The molecular formula is C14H25N5O. The molecular weight excluding hydrogens is 254 g/mol. The van der Waals surface area contributed by atoms with Crippen molar-refractivity contribution in [1.82, 2.24) is 25.0 Å². The molecule has 1 fully saturated rings. The number of hydrogen-bond donors (Lipinski definition) is 2. The van der Waals surface area contributed by atoms with Crippen molar-refractivity contribution in [3.05, 3.63) is 12.2 Å². The summed E-state index contributed by atoms with van der Waals surface area (Å²) in [7, 11) is 0. The van der Waals surface area contributed by atoms with E-state index in [4.69, 9.17) is 0 Å². The standard InChI is InChI=1S/C14H25N5O/c1-2-5-15-14(10-20)4-3-12(8-14)18-6-7-19-11-16-17-13(19)9-18/h11-12,15,20H,2-10H2,1H3. The maximum Gasteiger partial charge on any atom is 0.147 e. The maximum atomic E-state index is 9.78. The topological polar surface area (TPSA) is 66.2 Å². The molecule has 1 aromatic rings. The molecule has 0 amide bonds. The molecule has 1 saturated carbocycles. The zero-order valence-corrected chi connectivity index (χ0v) is 12.3. The minimum Gasteiger partial charge on any atom is -0.394 e. The van der Waals surface area contributed by atoms with Gasteiger partial charge in [-0.1, -0.05) is 6.92 Å². The molecule has 0 saturated heterocycles. The van der Waals surface area contributed by atoms with E-state index < -0.39 is 0 Å².